The van der Waals surface area contributed by atoms with E-state index in [0.29, 0.717) is 0 Å². The molecule has 0 aliphatic carbocycles. The SMILES string of the molecule is Fc1ccc([S+](c2ccccc2)c2ccccc2)cc1.O=C([O-])C(O)(C(F)(F)F)C(F)(F)F.O=C([O-])C(O)(C(F)(F)F)C(F)(F)F.O=C([O-])c1c(F)c(F)c([N+](=O)[O-])c(F)c1F.c1ccc(-[s+]2c3ccccc3c3ccccc32)cc1.c1ccc([I+]c2ccccc2)cc1. The number of alkyl halides is 12. The van der Waals surface area contributed by atoms with E-state index in [-0.39, 0.29) is 48.4 Å². The van der Waals surface area contributed by atoms with Crippen molar-refractivity contribution in [1.82, 2.24) is 0 Å². The number of nitro groups is 1. The van der Waals surface area contributed by atoms with Crippen LogP contribution in [0.25, 0.3) is 25.1 Å². The summed E-state index contributed by atoms with van der Waals surface area (Å²) in [6.45, 7) is 0. The largest absolute Gasteiger partial charge is 0.546 e. The van der Waals surface area contributed by atoms with E-state index >= 15 is 0 Å². The van der Waals surface area contributed by atoms with Crippen LogP contribution in [0.4, 0.5) is 80.3 Å². The van der Waals surface area contributed by atoms with Crippen LogP contribution in [0.2, 0.25) is 0 Å². The number of hydrogen-bond acceptors (Lipinski definition) is 10. The van der Waals surface area contributed by atoms with Crippen LogP contribution in [0, 0.1) is 46.3 Å². The van der Waals surface area contributed by atoms with Crippen molar-refractivity contribution < 1.29 is 141 Å². The smallest absolute Gasteiger partial charge is 0.431 e. The summed E-state index contributed by atoms with van der Waals surface area (Å²) in [6, 6.07) is 77.3. The number of fused-ring (bicyclic) bond motifs is 3. The van der Waals surface area contributed by atoms with E-state index in [9.17, 15) is 114 Å². The lowest BCUT2D eigenvalue weighted by molar-refractivity contribution is -0.597. The Morgan fingerprint density at radius 1 is 0.404 bits per heavy atom. The monoisotopic (exact) mass is 1480 g/mol. The van der Waals surface area contributed by atoms with E-state index < -0.39 is 93.3 Å². The standard InChI is InChI=1S/C18H14FS.C18H13S.C12H10I.C7HF4NO4.2C4H2F6O3/c19-15-11-13-18(14-12-15)20(16-7-3-1-4-8-16)17-9-5-2-6-10-17;1-2-8-14(9-3-1)19-17-12-6-4-10-15(17)16-11-5-7-13-18(16)19;1-3-7-11(8-4-1)13-12-9-5-2-6-10-12;8-2-1(7(13)14)3(9)5(11)6(4(2)10)12(15)16;2*5-3(6,7)2(13,1(11)12)4(8,9)10/h1-14H;1-13H;1-10H;(H,13,14);2*13H,(H,11,12)/q3*+1;;;/p-3. The fraction of sp³-hybridized carbons (Fsp3) is 0.0952. The molecule has 1 heterocycles. The van der Waals surface area contributed by atoms with Crippen molar-refractivity contribution in [2.24, 2.45) is 0 Å². The van der Waals surface area contributed by atoms with E-state index in [1.807, 2.05) is 48.5 Å². The lowest BCUT2D eigenvalue weighted by Crippen LogP contribution is -3.61. The number of benzene rings is 9. The van der Waals surface area contributed by atoms with E-state index in [2.05, 4.69) is 164 Å². The van der Waals surface area contributed by atoms with Crippen LogP contribution < -0.4 is 36.5 Å². The van der Waals surface area contributed by atoms with E-state index in [0.717, 1.165) is 4.90 Å². The van der Waals surface area contributed by atoms with Gasteiger partial charge in [-0.05, 0) is 109 Å². The molecule has 0 aliphatic rings. The minimum absolute atomic E-state index is 0.0287. The van der Waals surface area contributed by atoms with Gasteiger partial charge in [-0.1, -0.05) is 115 Å². The Morgan fingerprint density at radius 2 is 0.691 bits per heavy atom. The molecule has 94 heavy (non-hydrogen) atoms. The molecule has 0 fully saturated rings. The average Bonchev–Trinajstić information content (AvgIpc) is 0.948. The lowest BCUT2D eigenvalue weighted by Gasteiger charge is -2.32. The minimum atomic E-state index is -6.37. The van der Waals surface area contributed by atoms with Crippen molar-refractivity contribution in [3.8, 4) is 4.90 Å². The molecule has 0 saturated heterocycles. The highest BCUT2D eigenvalue weighted by atomic mass is 127. The summed E-state index contributed by atoms with van der Waals surface area (Å²) < 4.78 is 208. The van der Waals surface area contributed by atoms with Gasteiger partial charge in [0, 0.05) is 21.2 Å². The normalized spacial score (nSPS) is 11.6. The fourth-order valence-corrected chi connectivity index (χ4v) is 14.3. The zero-order valence-electron chi connectivity index (χ0n) is 46.6. The number of halogens is 18. The first-order valence-corrected chi connectivity index (χ1v) is 30.2. The first-order chi connectivity index (χ1) is 43.9. The minimum Gasteiger partial charge on any atom is -0.546 e. The van der Waals surface area contributed by atoms with Gasteiger partial charge in [0.1, 0.15) is 5.82 Å². The molecule has 11 nitrogen and oxygen atoms in total. The Morgan fingerprint density at radius 3 is 0.979 bits per heavy atom. The van der Waals surface area contributed by atoms with E-state index in [1.165, 1.54) is 54.1 Å². The molecule has 0 unspecified atom stereocenters. The molecular weight excluding hydrogens is 1440 g/mol. The van der Waals surface area contributed by atoms with Crippen LogP contribution in [0.15, 0.2) is 239 Å². The molecule has 0 aliphatic heterocycles. The number of carboxylic acids is 3. The summed E-state index contributed by atoms with van der Waals surface area (Å²) >= 11 is 0.0287. The molecule has 10 aromatic rings. The van der Waals surface area contributed by atoms with Crippen molar-refractivity contribution in [3.63, 3.8) is 0 Å². The predicted molar refractivity (Wildman–Crippen MR) is 298 cm³/mol. The number of aliphatic carboxylic acids is 2. The summed E-state index contributed by atoms with van der Waals surface area (Å²) in [5.41, 5.74) is -15.8. The summed E-state index contributed by atoms with van der Waals surface area (Å²) in [6.07, 6.45) is -25.5. The van der Waals surface area contributed by atoms with Gasteiger partial charge < -0.3 is 39.9 Å². The highest BCUT2D eigenvalue weighted by Crippen LogP contribution is 2.48. The van der Waals surface area contributed by atoms with Crippen LogP contribution in [-0.2, 0) is 20.5 Å². The second-order valence-corrected chi connectivity index (χ2v) is 25.2. The molecule has 9 aromatic carbocycles. The van der Waals surface area contributed by atoms with Gasteiger partial charge in [-0.3, -0.25) is 10.1 Å². The van der Waals surface area contributed by atoms with Gasteiger partial charge in [-0.15, -0.1) is 0 Å². The van der Waals surface area contributed by atoms with Gasteiger partial charge in [-0.2, -0.15) is 61.5 Å². The number of carbonyl (C=O) groups excluding carboxylic acids is 3. The molecule has 0 radical (unpaired) electrons. The number of nitro benzene ring substituents is 1. The number of thiophene rings is 1. The first kappa shape index (κ1) is 75.5. The fourth-order valence-electron chi connectivity index (χ4n) is 7.58. The van der Waals surface area contributed by atoms with Gasteiger partial charge in [0.15, 0.2) is 47.8 Å². The van der Waals surface area contributed by atoms with Crippen molar-refractivity contribution in [2.75, 3.05) is 0 Å². The van der Waals surface area contributed by atoms with E-state index in [1.54, 1.807) is 0 Å². The summed E-state index contributed by atoms with van der Waals surface area (Å²) in [5, 5.41) is 57.7. The average molecular weight is 1480 g/mol. The van der Waals surface area contributed by atoms with E-state index in [4.69, 9.17) is 10.2 Å². The zero-order valence-corrected chi connectivity index (χ0v) is 50.4. The molecule has 10 rings (SSSR count). The Balaban J connectivity index is 0.000000207. The molecule has 0 bridgehead atoms. The Hall–Kier alpha value is -9.18. The van der Waals surface area contributed by atoms with Crippen LogP contribution in [-0.4, -0.2) is 69.0 Å². The molecule has 31 heteroatoms. The van der Waals surface area contributed by atoms with Crippen LogP contribution in [0.3, 0.4) is 0 Å². The summed E-state index contributed by atoms with van der Waals surface area (Å²) in [5.74, 6) is -19.6. The van der Waals surface area contributed by atoms with Crippen LogP contribution >= 0.6 is 10.5 Å². The second-order valence-electron chi connectivity index (χ2n) is 18.2. The molecule has 0 spiro atoms. The third-order valence-corrected chi connectivity index (χ3v) is 19.3. The molecule has 1 aromatic heterocycles. The lowest BCUT2D eigenvalue weighted by atomic mass is 10.0. The van der Waals surface area contributed by atoms with Gasteiger partial charge in [0.25, 0.3) is 11.2 Å². The third-order valence-electron chi connectivity index (χ3n) is 12.0. The quantitative estimate of drug-likeness (QED) is 0.0331. The number of aromatic carboxylic acids is 1. The zero-order chi connectivity index (χ0) is 70.1. The van der Waals surface area contributed by atoms with Crippen molar-refractivity contribution >= 4 is 65.1 Å². The number of carbonyl (C=O) groups is 3. The van der Waals surface area contributed by atoms with Gasteiger partial charge in [0.05, 0.1) is 39.3 Å². The maximum Gasteiger partial charge on any atom is 0.431 e. The molecule has 0 amide bonds. The highest BCUT2D eigenvalue weighted by Gasteiger charge is 2.72. The maximum absolute atomic E-state index is 13.2. The Kier molecular flexibility index (Phi) is 25.8. The number of nitrogens with zero attached hydrogens (tertiary/aromatic N) is 1. The third kappa shape index (κ3) is 18.1. The number of carboxylic acid groups (broad SMARTS) is 3. The molecule has 0 atom stereocenters. The molecular formula is C63H39F17INO10S2. The predicted octanol–water partition coefficient (Wildman–Crippen LogP) is 10.2. The Labute approximate surface area is 535 Å². The van der Waals surface area contributed by atoms with Crippen molar-refractivity contribution in [2.45, 2.75) is 50.6 Å². The first-order valence-electron chi connectivity index (χ1n) is 25.6. The molecule has 494 valence electrons. The highest BCUT2D eigenvalue weighted by molar-refractivity contribution is 7.97. The van der Waals surface area contributed by atoms with Crippen molar-refractivity contribution in [1.29, 1.82) is 0 Å². The number of aliphatic hydroxyl groups is 2. The van der Waals surface area contributed by atoms with Gasteiger partial charge in [-0.25, -0.2) is 13.2 Å². The second kappa shape index (κ2) is 32.1. The van der Waals surface area contributed by atoms with Gasteiger partial charge in [0.2, 0.25) is 11.6 Å². The summed E-state index contributed by atoms with van der Waals surface area (Å²) in [4.78, 5) is 42.5. The Bertz CT molecular complexity index is 3890. The van der Waals surface area contributed by atoms with Crippen molar-refractivity contribution in [3.05, 3.63) is 276 Å². The summed E-state index contributed by atoms with van der Waals surface area (Å²) in [7, 11) is -0.130. The topological polar surface area (TPSA) is 204 Å². The molecule has 2 N–H and O–H groups in total. The number of rotatable bonds is 10. The molecule has 0 saturated carbocycles. The van der Waals surface area contributed by atoms with Crippen LogP contribution in [0.1, 0.15) is 10.4 Å². The number of hydrogen-bond donors (Lipinski definition) is 2. The van der Waals surface area contributed by atoms with Crippen LogP contribution in [0.5, 0.6) is 0 Å². The maximum atomic E-state index is 13.2. The van der Waals surface area contributed by atoms with Gasteiger partial charge >= 0.3 is 51.6 Å².